The third-order valence-corrected chi connectivity index (χ3v) is 15.5. The Labute approximate surface area is 430 Å². The van der Waals surface area contributed by atoms with Gasteiger partial charge in [0.25, 0.3) is 5.88 Å². The number of aryl methyl sites for hydroxylation is 1. The van der Waals surface area contributed by atoms with Crippen LogP contribution in [0.1, 0.15) is 113 Å². The van der Waals surface area contributed by atoms with Crippen molar-refractivity contribution in [2.45, 2.75) is 115 Å². The minimum absolute atomic E-state index is 0.0384. The summed E-state index contributed by atoms with van der Waals surface area (Å²) in [5.74, 6) is -2.31. The molecule has 0 unspecified atom stereocenters. The third kappa shape index (κ3) is 10.3. The third-order valence-electron chi connectivity index (χ3n) is 14.4. The summed E-state index contributed by atoms with van der Waals surface area (Å²) in [6.45, 7) is 13.0. The van der Waals surface area contributed by atoms with Gasteiger partial charge in [0.1, 0.15) is 34.7 Å². The molecule has 1 aromatic carbocycles. The predicted molar refractivity (Wildman–Crippen MR) is 269 cm³/mol. The van der Waals surface area contributed by atoms with Crippen LogP contribution < -0.4 is 20.7 Å². The van der Waals surface area contributed by atoms with Gasteiger partial charge < -0.3 is 45.2 Å². The van der Waals surface area contributed by atoms with Crippen molar-refractivity contribution >= 4 is 34.1 Å². The molecule has 1 aliphatic carbocycles. The number of thiophene rings is 1. The lowest BCUT2D eigenvalue weighted by Gasteiger charge is -2.30. The number of β-amino-alcohol motifs (C(OH)–C–C–N with tert-alkyl or cyclic N) is 1. The molecule has 23 heteroatoms. The summed E-state index contributed by atoms with van der Waals surface area (Å²) in [6, 6.07) is 5.30. The highest BCUT2D eigenvalue weighted by Gasteiger charge is 2.45. The first-order valence-electron chi connectivity index (χ1n) is 25.0. The monoisotopic (exact) mass is 1030 g/mol. The Morgan fingerprint density at radius 1 is 1.09 bits per heavy atom. The summed E-state index contributed by atoms with van der Waals surface area (Å²) in [5, 5.41) is 47.4. The minimum Gasteiger partial charge on any atom is -0.505 e. The fraction of sp³-hybridized carbons (Fsp3) is 0.490. The number of nitrogen functional groups attached to an aromatic ring is 1. The number of aromatic nitrogens is 8. The number of amides is 2. The van der Waals surface area contributed by atoms with Gasteiger partial charge in [0, 0.05) is 71.6 Å². The second-order valence-electron chi connectivity index (χ2n) is 19.9. The van der Waals surface area contributed by atoms with Crippen LogP contribution in [0.15, 0.2) is 53.6 Å². The molecule has 0 saturated carbocycles. The largest absolute Gasteiger partial charge is 0.505 e. The second-order valence-corrected chi connectivity index (χ2v) is 21.1. The van der Waals surface area contributed by atoms with E-state index in [1.807, 2.05) is 20.8 Å². The standard InChI is InChI=1S/C51H60F2N14O6S/c1-28(2)43(48(71)66-26-31(68)22-38(66)47(70)58-30(4)32-11-12-34(42(53)44(32)69)33-13-16-56-24-36(33)52)67-27-40(61-63-67)72-21-7-6-18-64-19-9-20-65(29(3)25-64)50-57-17-14-37(59-50)46-60-49(73-62-46)51(5)15-8-10-39-41(51)35(23-54)45(55)74-39/h11-14,16-17,24,27-31,38,43,68-69H,6-10,15,18-22,25-26,55H2,1-5H3,(H,58,70)/t29-,30-,31+,38-,43-,51-/m0/s1. The Morgan fingerprint density at radius 3 is 2.70 bits per heavy atom. The molecule has 0 radical (unpaired) electrons. The average Bonchev–Trinajstić information content (AvgIpc) is 4.19. The molecule has 0 spiro atoms. The number of nitrogens with one attached hydrogen (secondary N) is 1. The van der Waals surface area contributed by atoms with Crippen molar-refractivity contribution in [3.63, 3.8) is 0 Å². The fourth-order valence-corrected chi connectivity index (χ4v) is 11.8. The highest BCUT2D eigenvalue weighted by atomic mass is 32.1. The van der Waals surface area contributed by atoms with Gasteiger partial charge in [-0.3, -0.25) is 14.6 Å². The van der Waals surface area contributed by atoms with Crippen molar-refractivity contribution in [2.24, 2.45) is 5.92 Å². The van der Waals surface area contributed by atoms with E-state index in [1.54, 1.807) is 25.4 Å². The van der Waals surface area contributed by atoms with E-state index in [0.29, 0.717) is 40.5 Å². The number of carbonyl (C=O) groups is 2. The molecule has 5 aromatic heterocycles. The van der Waals surface area contributed by atoms with Crippen LogP contribution in [0, 0.1) is 28.9 Å². The van der Waals surface area contributed by atoms with Gasteiger partial charge in [-0.2, -0.15) is 10.2 Å². The molecule has 6 aromatic rings. The number of hydrogen-bond donors (Lipinski definition) is 4. The number of aliphatic hydroxyl groups is 1. The van der Waals surface area contributed by atoms with Crippen LogP contribution in [-0.4, -0.2) is 129 Å². The van der Waals surface area contributed by atoms with Crippen LogP contribution in [0.3, 0.4) is 0 Å². The maximum Gasteiger partial charge on any atom is 0.253 e. The Morgan fingerprint density at radius 2 is 1.92 bits per heavy atom. The van der Waals surface area contributed by atoms with Gasteiger partial charge in [0.05, 0.1) is 42.1 Å². The molecular formula is C51H60F2N14O6S. The van der Waals surface area contributed by atoms with Crippen LogP contribution in [0.2, 0.25) is 0 Å². The number of aliphatic hydroxyl groups excluding tert-OH is 1. The number of aromatic hydroxyl groups is 1. The molecule has 2 fully saturated rings. The lowest BCUT2D eigenvalue weighted by molar-refractivity contribution is -0.142. The topological polar surface area (TPSA) is 264 Å². The van der Waals surface area contributed by atoms with E-state index >= 15 is 4.39 Å². The highest BCUT2D eigenvalue weighted by molar-refractivity contribution is 7.16. The number of rotatable bonds is 16. The van der Waals surface area contributed by atoms with Crippen molar-refractivity contribution in [1.29, 1.82) is 5.26 Å². The number of pyridine rings is 1. The number of anilines is 2. The summed E-state index contributed by atoms with van der Waals surface area (Å²) in [5.41, 5.74) is 7.33. The van der Waals surface area contributed by atoms with Gasteiger partial charge in [-0.1, -0.05) is 41.4 Å². The van der Waals surface area contributed by atoms with Crippen molar-refractivity contribution < 1.29 is 37.8 Å². The average molecular weight is 1040 g/mol. The number of benzene rings is 1. The molecule has 6 atom stereocenters. The summed E-state index contributed by atoms with van der Waals surface area (Å²) < 4.78 is 43.1. The van der Waals surface area contributed by atoms with E-state index < -0.39 is 58.8 Å². The number of fused-ring (bicyclic) bond motifs is 1. The lowest BCUT2D eigenvalue weighted by atomic mass is 9.72. The first-order valence-corrected chi connectivity index (χ1v) is 25.8. The van der Waals surface area contributed by atoms with Gasteiger partial charge in [-0.15, -0.1) is 11.3 Å². The second kappa shape index (κ2) is 21.7. The van der Waals surface area contributed by atoms with E-state index in [9.17, 15) is 29.5 Å². The van der Waals surface area contributed by atoms with Crippen molar-refractivity contribution in [2.75, 3.05) is 50.0 Å². The molecule has 2 amide bonds. The van der Waals surface area contributed by atoms with Crippen LogP contribution in [0.4, 0.5) is 19.7 Å². The zero-order valence-electron chi connectivity index (χ0n) is 41.9. The number of nitrogens with two attached hydrogens (primary N) is 1. The Hall–Kier alpha value is -7.16. The van der Waals surface area contributed by atoms with E-state index in [0.717, 1.165) is 81.3 Å². The number of hydrogen-bond acceptors (Lipinski definition) is 18. The van der Waals surface area contributed by atoms with E-state index in [2.05, 4.69) is 53.5 Å². The first kappa shape index (κ1) is 51.7. The SMILES string of the molecule is CC(C)[C@@H](C(=O)N1C[C@H](O)C[C@H]1C(=O)N[C@@H](C)c1ccc(-c2ccncc2F)c(F)c1O)n1cc(OCCCCN2CCCN(c3nccc(-c4noc([C@@]5(C)CCCc6sc(N)c(C#N)c65)n4)n3)[C@@H](C)C2)nn1. The van der Waals surface area contributed by atoms with Gasteiger partial charge in [-0.25, -0.2) is 23.4 Å². The van der Waals surface area contributed by atoms with Gasteiger partial charge >= 0.3 is 0 Å². The van der Waals surface area contributed by atoms with Crippen molar-refractivity contribution in [3.8, 4) is 40.3 Å². The van der Waals surface area contributed by atoms with Crippen molar-refractivity contribution in [1.82, 2.24) is 55.2 Å². The zero-order chi connectivity index (χ0) is 52.4. The number of phenols is 1. The number of likely N-dealkylation sites (tertiary alicyclic amines) is 1. The van der Waals surface area contributed by atoms with Gasteiger partial charge in [-0.05, 0) is 90.4 Å². The number of ether oxygens (including phenoxy) is 1. The number of phenolic OH excluding ortho intramolecular Hbond substituents is 1. The van der Waals surface area contributed by atoms with Gasteiger partial charge in [0.2, 0.25) is 29.5 Å². The summed E-state index contributed by atoms with van der Waals surface area (Å²) in [7, 11) is 0. The van der Waals surface area contributed by atoms with Crippen LogP contribution in [-0.2, 0) is 21.4 Å². The Balaban J connectivity index is 0.758. The zero-order valence-corrected chi connectivity index (χ0v) is 42.7. The van der Waals surface area contributed by atoms with Crippen LogP contribution in [0.25, 0.3) is 22.6 Å². The molecule has 20 nitrogen and oxygen atoms in total. The normalized spacial score (nSPS) is 21.0. The molecule has 9 rings (SSSR count). The fourth-order valence-electron chi connectivity index (χ4n) is 10.6. The quantitative estimate of drug-likeness (QED) is 0.0796. The van der Waals surface area contributed by atoms with Gasteiger partial charge in [0.15, 0.2) is 11.6 Å². The predicted octanol–water partition coefficient (Wildman–Crippen LogP) is 6.12. The maximum atomic E-state index is 15.4. The number of carbonyl (C=O) groups excluding carboxylic acids is 2. The minimum atomic E-state index is -1.07. The molecule has 390 valence electrons. The summed E-state index contributed by atoms with van der Waals surface area (Å²) >= 11 is 1.46. The first-order chi connectivity index (χ1) is 35.6. The summed E-state index contributed by atoms with van der Waals surface area (Å²) in [6.07, 6.45) is 9.54. The smallest absolute Gasteiger partial charge is 0.253 e. The van der Waals surface area contributed by atoms with Crippen LogP contribution >= 0.6 is 11.3 Å². The maximum absolute atomic E-state index is 15.4. The Bertz CT molecular complexity index is 3050. The van der Waals surface area contributed by atoms with E-state index in [1.165, 1.54) is 45.3 Å². The lowest BCUT2D eigenvalue weighted by Crippen LogP contribution is -2.49. The number of nitrogens with zero attached hydrogens (tertiary/aromatic N) is 12. The summed E-state index contributed by atoms with van der Waals surface area (Å²) in [4.78, 5) is 53.1. The van der Waals surface area contributed by atoms with E-state index in [-0.39, 0.29) is 47.5 Å². The number of halogens is 2. The van der Waals surface area contributed by atoms with Crippen molar-refractivity contribution in [3.05, 3.63) is 88.1 Å². The molecule has 3 aliphatic rings. The molecule has 2 saturated heterocycles. The number of nitriles is 1. The van der Waals surface area contributed by atoms with E-state index in [4.69, 9.17) is 25.0 Å². The highest BCUT2D eigenvalue weighted by Crippen LogP contribution is 2.48. The molecule has 7 heterocycles. The molecule has 5 N–H and O–H groups in total. The number of unbranched alkanes of at least 4 members (excludes halogenated alkanes) is 1. The Kier molecular flexibility index (Phi) is 15.2. The molecule has 0 bridgehead atoms. The molecular weight excluding hydrogens is 975 g/mol. The van der Waals surface area contributed by atoms with Crippen LogP contribution in [0.5, 0.6) is 11.6 Å². The molecule has 2 aliphatic heterocycles. The molecule has 74 heavy (non-hydrogen) atoms.